The molecule has 0 aromatic heterocycles. The number of hydrogen-bond acceptors (Lipinski definition) is 2. The minimum absolute atomic E-state index is 0.132. The highest BCUT2D eigenvalue weighted by Crippen LogP contribution is 2.19. The summed E-state index contributed by atoms with van der Waals surface area (Å²) in [5.74, 6) is 0.617. The highest BCUT2D eigenvalue weighted by Gasteiger charge is 2.06. The molecule has 0 bridgehead atoms. The van der Waals surface area contributed by atoms with Crippen LogP contribution in [0.25, 0.3) is 0 Å². The van der Waals surface area contributed by atoms with Crippen molar-refractivity contribution >= 4 is 0 Å². The molecule has 2 atom stereocenters. The quantitative estimate of drug-likeness (QED) is 0.694. The molecular formula is C11H18O2. The summed E-state index contributed by atoms with van der Waals surface area (Å²) in [5.41, 5.74) is 1.28. The van der Waals surface area contributed by atoms with E-state index in [1.165, 1.54) is 5.57 Å². The molecule has 1 rings (SSSR count). The Morgan fingerprint density at radius 1 is 1.62 bits per heavy atom. The Balaban J connectivity index is 2.32. The minimum atomic E-state index is -0.563. The molecule has 0 aromatic rings. The molecule has 74 valence electrons. The van der Waals surface area contributed by atoms with Gasteiger partial charge in [0.25, 0.3) is 0 Å². The largest absolute Gasteiger partial charge is 0.394 e. The molecule has 2 unspecified atom stereocenters. The number of allylic oxidation sites excluding steroid dienone is 4. The van der Waals surface area contributed by atoms with E-state index in [1.54, 1.807) is 0 Å². The van der Waals surface area contributed by atoms with E-state index in [9.17, 15) is 0 Å². The van der Waals surface area contributed by atoms with Crippen LogP contribution in [0.3, 0.4) is 0 Å². The number of hydrogen-bond donors (Lipinski definition) is 2. The Labute approximate surface area is 79.6 Å². The summed E-state index contributed by atoms with van der Waals surface area (Å²) in [6, 6.07) is 0. The Morgan fingerprint density at radius 2 is 2.38 bits per heavy atom. The summed E-state index contributed by atoms with van der Waals surface area (Å²) in [4.78, 5) is 0. The first-order valence-corrected chi connectivity index (χ1v) is 4.88. The fourth-order valence-electron chi connectivity index (χ4n) is 1.51. The van der Waals surface area contributed by atoms with Crippen molar-refractivity contribution in [3.05, 3.63) is 23.8 Å². The first kappa shape index (κ1) is 10.5. The standard InChI is InChI=1S/C11H18O2/c1-9-3-2-4-10(7-9)5-6-11(13)8-12/h2,4,7,9,11-13H,3,5-6,8H2,1H3. The van der Waals surface area contributed by atoms with Crippen LogP contribution in [0.2, 0.25) is 0 Å². The van der Waals surface area contributed by atoms with Crippen LogP contribution in [0.4, 0.5) is 0 Å². The third kappa shape index (κ3) is 3.75. The van der Waals surface area contributed by atoms with Crippen molar-refractivity contribution < 1.29 is 10.2 Å². The Bertz CT molecular complexity index is 206. The van der Waals surface area contributed by atoms with Crippen LogP contribution in [0, 0.1) is 5.92 Å². The van der Waals surface area contributed by atoms with E-state index in [0.717, 1.165) is 12.8 Å². The number of aliphatic hydroxyl groups is 2. The van der Waals surface area contributed by atoms with Gasteiger partial charge in [0.2, 0.25) is 0 Å². The van der Waals surface area contributed by atoms with Crippen molar-refractivity contribution in [1.82, 2.24) is 0 Å². The fourth-order valence-corrected chi connectivity index (χ4v) is 1.51. The highest BCUT2D eigenvalue weighted by atomic mass is 16.3. The van der Waals surface area contributed by atoms with Gasteiger partial charge in [-0.15, -0.1) is 0 Å². The first-order valence-electron chi connectivity index (χ1n) is 4.88. The second-order valence-electron chi connectivity index (χ2n) is 3.73. The molecule has 2 heteroatoms. The lowest BCUT2D eigenvalue weighted by atomic mass is 9.95. The Morgan fingerprint density at radius 3 is 3.00 bits per heavy atom. The number of aliphatic hydroxyl groups excluding tert-OH is 2. The molecule has 0 fully saturated rings. The molecule has 0 aromatic carbocycles. The lowest BCUT2D eigenvalue weighted by Gasteiger charge is -2.13. The molecule has 1 aliphatic carbocycles. The summed E-state index contributed by atoms with van der Waals surface area (Å²) < 4.78 is 0. The molecule has 0 aliphatic heterocycles. The maximum absolute atomic E-state index is 9.15. The van der Waals surface area contributed by atoms with Crippen LogP contribution in [0.5, 0.6) is 0 Å². The van der Waals surface area contributed by atoms with Crippen molar-refractivity contribution in [2.75, 3.05) is 6.61 Å². The Hall–Kier alpha value is -0.600. The van der Waals surface area contributed by atoms with Crippen LogP contribution in [0.1, 0.15) is 26.2 Å². The lowest BCUT2D eigenvalue weighted by Crippen LogP contribution is -2.11. The van der Waals surface area contributed by atoms with E-state index >= 15 is 0 Å². The molecule has 0 saturated carbocycles. The van der Waals surface area contributed by atoms with Gasteiger partial charge in [0.15, 0.2) is 0 Å². The molecule has 13 heavy (non-hydrogen) atoms. The average Bonchev–Trinajstić information content (AvgIpc) is 2.14. The van der Waals surface area contributed by atoms with Crippen LogP contribution in [-0.4, -0.2) is 22.9 Å². The topological polar surface area (TPSA) is 40.5 Å². The van der Waals surface area contributed by atoms with Crippen LogP contribution >= 0.6 is 0 Å². The van der Waals surface area contributed by atoms with Gasteiger partial charge in [-0.05, 0) is 25.2 Å². The second-order valence-corrected chi connectivity index (χ2v) is 3.73. The van der Waals surface area contributed by atoms with Gasteiger partial charge in [0.05, 0.1) is 12.7 Å². The fraction of sp³-hybridized carbons (Fsp3) is 0.636. The van der Waals surface area contributed by atoms with Crippen LogP contribution in [0.15, 0.2) is 23.8 Å². The van der Waals surface area contributed by atoms with Crippen LogP contribution in [-0.2, 0) is 0 Å². The summed E-state index contributed by atoms with van der Waals surface area (Å²) in [6.45, 7) is 2.05. The SMILES string of the molecule is CC1C=C(CCC(O)CO)C=CC1. The predicted molar refractivity (Wildman–Crippen MR) is 53.3 cm³/mol. The smallest absolute Gasteiger partial charge is 0.0774 e. The summed E-state index contributed by atoms with van der Waals surface area (Å²) >= 11 is 0. The molecule has 0 radical (unpaired) electrons. The molecule has 0 spiro atoms. The molecule has 2 nitrogen and oxygen atoms in total. The zero-order valence-electron chi connectivity index (χ0n) is 8.11. The van der Waals surface area contributed by atoms with Gasteiger partial charge in [-0.2, -0.15) is 0 Å². The van der Waals surface area contributed by atoms with Gasteiger partial charge < -0.3 is 10.2 Å². The van der Waals surface area contributed by atoms with E-state index in [0.29, 0.717) is 12.3 Å². The maximum atomic E-state index is 9.15. The van der Waals surface area contributed by atoms with E-state index in [-0.39, 0.29) is 6.61 Å². The van der Waals surface area contributed by atoms with Crippen molar-refractivity contribution in [1.29, 1.82) is 0 Å². The third-order valence-corrected chi connectivity index (χ3v) is 2.32. The lowest BCUT2D eigenvalue weighted by molar-refractivity contribution is 0.0887. The maximum Gasteiger partial charge on any atom is 0.0774 e. The van der Waals surface area contributed by atoms with Gasteiger partial charge >= 0.3 is 0 Å². The zero-order chi connectivity index (χ0) is 9.68. The van der Waals surface area contributed by atoms with E-state index in [2.05, 4.69) is 25.2 Å². The van der Waals surface area contributed by atoms with Crippen LogP contribution < -0.4 is 0 Å². The molecule has 0 amide bonds. The monoisotopic (exact) mass is 182 g/mol. The summed E-state index contributed by atoms with van der Waals surface area (Å²) in [7, 11) is 0. The van der Waals surface area contributed by atoms with Crippen molar-refractivity contribution in [3.8, 4) is 0 Å². The Kier molecular flexibility index (Phi) is 4.19. The van der Waals surface area contributed by atoms with E-state index in [4.69, 9.17) is 10.2 Å². The molecule has 1 aliphatic rings. The first-order chi connectivity index (χ1) is 6.22. The van der Waals surface area contributed by atoms with Crippen molar-refractivity contribution in [2.45, 2.75) is 32.3 Å². The zero-order valence-corrected chi connectivity index (χ0v) is 8.11. The summed E-state index contributed by atoms with van der Waals surface area (Å²) in [6.07, 6.45) is 8.60. The summed E-state index contributed by atoms with van der Waals surface area (Å²) in [5, 5.41) is 17.8. The average molecular weight is 182 g/mol. The van der Waals surface area contributed by atoms with Gasteiger partial charge in [0, 0.05) is 0 Å². The second kappa shape index (κ2) is 5.20. The predicted octanol–water partition coefficient (Wildman–Crippen LogP) is 1.64. The molecule has 2 N–H and O–H groups in total. The molecular weight excluding hydrogens is 164 g/mol. The van der Waals surface area contributed by atoms with Crippen molar-refractivity contribution in [2.24, 2.45) is 5.92 Å². The number of rotatable bonds is 4. The molecule has 0 saturated heterocycles. The van der Waals surface area contributed by atoms with Gasteiger partial charge in [-0.1, -0.05) is 30.7 Å². The van der Waals surface area contributed by atoms with Gasteiger partial charge in [0.1, 0.15) is 0 Å². The minimum Gasteiger partial charge on any atom is -0.394 e. The van der Waals surface area contributed by atoms with Crippen molar-refractivity contribution in [3.63, 3.8) is 0 Å². The third-order valence-electron chi connectivity index (χ3n) is 2.32. The van der Waals surface area contributed by atoms with Gasteiger partial charge in [-0.25, -0.2) is 0 Å². The van der Waals surface area contributed by atoms with Gasteiger partial charge in [-0.3, -0.25) is 0 Å². The highest BCUT2D eigenvalue weighted by molar-refractivity contribution is 5.23. The molecule has 0 heterocycles. The van der Waals surface area contributed by atoms with E-state index in [1.807, 2.05) is 0 Å². The van der Waals surface area contributed by atoms with E-state index < -0.39 is 6.10 Å². The normalized spacial score (nSPS) is 24.2.